The van der Waals surface area contributed by atoms with E-state index in [9.17, 15) is 13.2 Å². The van der Waals surface area contributed by atoms with Gasteiger partial charge in [-0.05, 0) is 20.8 Å². The zero-order chi connectivity index (χ0) is 15.6. The second kappa shape index (κ2) is 6.04. The highest BCUT2D eigenvalue weighted by Crippen LogP contribution is 2.20. The van der Waals surface area contributed by atoms with Crippen molar-refractivity contribution in [2.45, 2.75) is 31.7 Å². The molecule has 7 nitrogen and oxygen atoms in total. The van der Waals surface area contributed by atoms with Gasteiger partial charge in [0, 0.05) is 0 Å². The molecule has 0 saturated carbocycles. The number of anilines is 1. The summed E-state index contributed by atoms with van der Waals surface area (Å²) < 4.78 is 29.2. The largest absolute Gasteiger partial charge is 0.443 e. The maximum absolute atomic E-state index is 12.0. The maximum atomic E-state index is 12.0. The molecule has 1 aromatic rings. The first kappa shape index (κ1) is 16.8. The van der Waals surface area contributed by atoms with Crippen molar-refractivity contribution in [3.05, 3.63) is 18.2 Å². The summed E-state index contributed by atoms with van der Waals surface area (Å²) in [6, 6.07) is 0. The molecule has 0 spiro atoms. The third-order valence-corrected chi connectivity index (χ3v) is 3.46. The van der Waals surface area contributed by atoms with E-state index in [4.69, 9.17) is 4.74 Å². The Morgan fingerprint density at radius 2 is 1.85 bits per heavy atom. The lowest BCUT2D eigenvalue weighted by Gasteiger charge is -2.25. The molecule has 0 aliphatic rings. The molecule has 0 aliphatic carbocycles. The number of hydrogen-bond acceptors (Lipinski definition) is 6. The Hall–Kier alpha value is -1.22. The Bertz CT molecular complexity index is 581. The molecular formula is C11H16BrN3O4S. The van der Waals surface area contributed by atoms with Crippen LogP contribution in [0.15, 0.2) is 12.4 Å². The van der Waals surface area contributed by atoms with Crippen LogP contribution in [0.5, 0.6) is 0 Å². The number of carbonyl (C=O) groups excluding carboxylic acids is 1. The molecule has 0 N–H and O–H groups in total. The minimum Gasteiger partial charge on any atom is -0.443 e. The van der Waals surface area contributed by atoms with E-state index in [0.29, 0.717) is 15.5 Å². The topological polar surface area (TPSA) is 89.5 Å². The normalized spacial score (nSPS) is 12.1. The average molecular weight is 366 g/mol. The van der Waals surface area contributed by atoms with Crippen molar-refractivity contribution in [2.24, 2.45) is 0 Å². The number of nitrogens with zero attached hydrogens (tertiary/aromatic N) is 3. The van der Waals surface area contributed by atoms with Crippen LogP contribution in [-0.2, 0) is 20.1 Å². The van der Waals surface area contributed by atoms with Crippen molar-refractivity contribution in [1.82, 2.24) is 9.97 Å². The molecule has 0 unspecified atom stereocenters. The zero-order valence-electron chi connectivity index (χ0n) is 11.6. The van der Waals surface area contributed by atoms with E-state index < -0.39 is 21.7 Å². The number of amides is 1. The van der Waals surface area contributed by atoms with Gasteiger partial charge in [-0.1, -0.05) is 15.9 Å². The highest BCUT2D eigenvalue weighted by atomic mass is 79.9. The van der Waals surface area contributed by atoms with E-state index >= 15 is 0 Å². The molecule has 0 radical (unpaired) electrons. The van der Waals surface area contributed by atoms with Crippen LogP contribution >= 0.6 is 15.9 Å². The Labute approximate surface area is 126 Å². The van der Waals surface area contributed by atoms with Crippen LogP contribution in [0.2, 0.25) is 0 Å². The fraction of sp³-hybridized carbons (Fsp3) is 0.545. The van der Waals surface area contributed by atoms with Gasteiger partial charge in [0.2, 0.25) is 10.0 Å². The lowest BCUT2D eigenvalue weighted by Crippen LogP contribution is -2.40. The van der Waals surface area contributed by atoms with Crippen LogP contribution in [0.4, 0.5) is 10.5 Å². The molecule has 1 heterocycles. The predicted molar refractivity (Wildman–Crippen MR) is 78.2 cm³/mol. The summed E-state index contributed by atoms with van der Waals surface area (Å²) in [5.41, 5.74) is -0.775. The van der Waals surface area contributed by atoms with E-state index in [1.165, 1.54) is 12.4 Å². The van der Waals surface area contributed by atoms with Gasteiger partial charge in [-0.3, -0.25) is 0 Å². The first-order valence-corrected chi connectivity index (χ1v) is 8.62. The van der Waals surface area contributed by atoms with Crippen molar-refractivity contribution in [1.29, 1.82) is 0 Å². The smallest absolute Gasteiger partial charge is 0.428 e. The predicted octanol–water partition coefficient (Wildman–Crippen LogP) is 2.07. The number of halogens is 1. The van der Waals surface area contributed by atoms with Gasteiger partial charge in [-0.2, -0.15) is 4.31 Å². The van der Waals surface area contributed by atoms with Gasteiger partial charge >= 0.3 is 6.09 Å². The number of aromatic nitrogens is 2. The average Bonchev–Trinajstić information content (AvgIpc) is 2.25. The molecule has 20 heavy (non-hydrogen) atoms. The summed E-state index contributed by atoms with van der Waals surface area (Å²) in [5, 5.41) is 0.429. The first-order valence-electron chi connectivity index (χ1n) is 5.65. The number of alkyl halides is 1. The van der Waals surface area contributed by atoms with Crippen LogP contribution < -0.4 is 4.31 Å². The highest BCUT2D eigenvalue weighted by Gasteiger charge is 2.30. The van der Waals surface area contributed by atoms with E-state index in [0.717, 1.165) is 6.26 Å². The SMILES string of the molecule is CC(C)(C)OC(=O)N(c1cnc(CBr)nc1)S(C)(=O)=O. The minimum atomic E-state index is -3.84. The van der Waals surface area contributed by atoms with Gasteiger partial charge in [0.25, 0.3) is 0 Å². The molecule has 0 fully saturated rings. The van der Waals surface area contributed by atoms with Crippen molar-refractivity contribution in [2.75, 3.05) is 10.6 Å². The molecule has 112 valence electrons. The summed E-state index contributed by atoms with van der Waals surface area (Å²) in [5.74, 6) is 0.478. The van der Waals surface area contributed by atoms with Crippen molar-refractivity contribution in [3.63, 3.8) is 0 Å². The summed E-state index contributed by atoms with van der Waals surface area (Å²) in [7, 11) is -3.84. The Kier molecular flexibility index (Phi) is 5.09. The lowest BCUT2D eigenvalue weighted by molar-refractivity contribution is 0.0609. The zero-order valence-corrected chi connectivity index (χ0v) is 14.0. The molecular weight excluding hydrogens is 350 g/mol. The third kappa shape index (κ3) is 4.71. The van der Waals surface area contributed by atoms with Gasteiger partial charge in [0.1, 0.15) is 17.1 Å². The Balaban J connectivity index is 3.16. The van der Waals surface area contributed by atoms with Crippen LogP contribution in [0.1, 0.15) is 26.6 Å². The second-order valence-corrected chi connectivity index (χ2v) is 7.39. The summed E-state index contributed by atoms with van der Waals surface area (Å²) in [6.07, 6.45) is 2.44. The summed E-state index contributed by atoms with van der Waals surface area (Å²) >= 11 is 3.18. The second-order valence-electron chi connectivity index (χ2n) is 5.00. The van der Waals surface area contributed by atoms with Crippen molar-refractivity contribution < 1.29 is 17.9 Å². The molecule has 1 rings (SSSR count). The van der Waals surface area contributed by atoms with Gasteiger partial charge in [-0.15, -0.1) is 0 Å². The number of rotatable bonds is 3. The quantitative estimate of drug-likeness (QED) is 0.761. The van der Waals surface area contributed by atoms with Gasteiger partial charge in [-0.25, -0.2) is 23.2 Å². The molecule has 0 saturated heterocycles. The molecule has 1 aromatic heterocycles. The number of hydrogen-bond donors (Lipinski definition) is 0. The van der Waals surface area contributed by atoms with Crippen LogP contribution in [0.3, 0.4) is 0 Å². The fourth-order valence-corrected chi connectivity index (χ4v) is 2.33. The number of sulfonamides is 1. The van der Waals surface area contributed by atoms with Crippen LogP contribution in [0, 0.1) is 0 Å². The van der Waals surface area contributed by atoms with Gasteiger partial charge in [0.15, 0.2) is 0 Å². The Morgan fingerprint density at radius 3 is 2.20 bits per heavy atom. The molecule has 0 bridgehead atoms. The molecule has 9 heteroatoms. The van der Waals surface area contributed by atoms with Gasteiger partial charge < -0.3 is 4.74 Å². The lowest BCUT2D eigenvalue weighted by atomic mass is 10.2. The third-order valence-electron chi connectivity index (χ3n) is 1.94. The highest BCUT2D eigenvalue weighted by molar-refractivity contribution is 9.08. The molecule has 0 atom stereocenters. The summed E-state index contributed by atoms with van der Waals surface area (Å²) in [6.45, 7) is 4.95. The van der Waals surface area contributed by atoms with Crippen molar-refractivity contribution in [3.8, 4) is 0 Å². The fourth-order valence-electron chi connectivity index (χ4n) is 1.26. The first-order chi connectivity index (χ1) is 9.04. The molecule has 1 amide bonds. The monoisotopic (exact) mass is 365 g/mol. The van der Waals surface area contributed by atoms with E-state index in [-0.39, 0.29) is 5.69 Å². The van der Waals surface area contributed by atoms with Gasteiger partial charge in [0.05, 0.1) is 24.0 Å². The van der Waals surface area contributed by atoms with E-state index in [1.54, 1.807) is 20.8 Å². The Morgan fingerprint density at radius 1 is 1.35 bits per heavy atom. The number of ether oxygens (including phenoxy) is 1. The summed E-state index contributed by atoms with van der Waals surface area (Å²) in [4.78, 5) is 19.9. The number of carbonyl (C=O) groups is 1. The van der Waals surface area contributed by atoms with Crippen LogP contribution in [-0.4, -0.2) is 36.3 Å². The molecule has 0 aromatic carbocycles. The van der Waals surface area contributed by atoms with E-state index in [2.05, 4.69) is 25.9 Å². The maximum Gasteiger partial charge on any atom is 0.428 e. The van der Waals surface area contributed by atoms with Crippen LogP contribution in [0.25, 0.3) is 0 Å². The standard InChI is InChI=1S/C11H16BrN3O4S/c1-11(2,3)19-10(16)15(20(4,17)18)8-6-13-9(5-12)14-7-8/h6-7H,5H2,1-4H3. The molecule has 0 aliphatic heterocycles. The van der Waals surface area contributed by atoms with E-state index in [1.807, 2.05) is 0 Å². The van der Waals surface area contributed by atoms with Crippen molar-refractivity contribution >= 4 is 37.7 Å². The minimum absolute atomic E-state index is 0.0338.